The summed E-state index contributed by atoms with van der Waals surface area (Å²) in [6.45, 7) is 0. The van der Waals surface area contributed by atoms with Crippen LogP contribution >= 0.6 is 23.2 Å². The summed E-state index contributed by atoms with van der Waals surface area (Å²) in [5.74, 6) is 0.797. The number of aromatic amines is 1. The zero-order valence-corrected chi connectivity index (χ0v) is 14.7. The van der Waals surface area contributed by atoms with Crippen LogP contribution in [0.5, 0.6) is 0 Å². The van der Waals surface area contributed by atoms with Gasteiger partial charge in [-0.1, -0.05) is 71.7 Å². The number of fused-ring (bicyclic) bond motifs is 1. The zero-order valence-electron chi connectivity index (χ0n) is 13.2. The highest BCUT2D eigenvalue weighted by Crippen LogP contribution is 2.25. The van der Waals surface area contributed by atoms with Gasteiger partial charge in [-0.2, -0.15) is 0 Å². The molecule has 2 nitrogen and oxygen atoms in total. The van der Waals surface area contributed by atoms with E-state index in [0.29, 0.717) is 10.0 Å². The van der Waals surface area contributed by atoms with Crippen molar-refractivity contribution in [1.29, 1.82) is 0 Å². The molecule has 0 aliphatic heterocycles. The monoisotopic (exact) mass is 364 g/mol. The van der Waals surface area contributed by atoms with E-state index in [4.69, 9.17) is 23.2 Å². The standard InChI is InChI=1S/C21H14Cl2N2/c22-17-9-6-14(12-18(17)23)7-11-21-24-19-10-8-16(13-20(19)25-21)15-4-2-1-3-5-15/h1-13H,(H,24,25). The lowest BCUT2D eigenvalue weighted by molar-refractivity contribution is 1.29. The van der Waals surface area contributed by atoms with Crippen molar-refractivity contribution < 1.29 is 0 Å². The van der Waals surface area contributed by atoms with Crippen molar-refractivity contribution in [3.8, 4) is 11.1 Å². The fraction of sp³-hybridized carbons (Fsp3) is 0. The van der Waals surface area contributed by atoms with E-state index in [9.17, 15) is 0 Å². The van der Waals surface area contributed by atoms with Crippen LogP contribution in [0.2, 0.25) is 10.0 Å². The topological polar surface area (TPSA) is 28.7 Å². The Kier molecular flexibility index (Phi) is 4.31. The molecule has 122 valence electrons. The fourth-order valence-electron chi connectivity index (χ4n) is 2.71. The molecular weight excluding hydrogens is 351 g/mol. The number of aromatic nitrogens is 2. The van der Waals surface area contributed by atoms with Gasteiger partial charge in [-0.25, -0.2) is 4.98 Å². The van der Waals surface area contributed by atoms with Crippen LogP contribution in [-0.4, -0.2) is 9.97 Å². The molecular formula is C21H14Cl2N2. The third-order valence-electron chi connectivity index (χ3n) is 3.98. The minimum absolute atomic E-state index is 0.543. The summed E-state index contributed by atoms with van der Waals surface area (Å²) in [5.41, 5.74) is 5.27. The number of rotatable bonds is 3. The summed E-state index contributed by atoms with van der Waals surface area (Å²) in [4.78, 5) is 7.95. The largest absolute Gasteiger partial charge is 0.338 e. The maximum absolute atomic E-state index is 6.05. The van der Waals surface area contributed by atoms with E-state index in [0.717, 1.165) is 28.0 Å². The average molecular weight is 365 g/mol. The van der Waals surface area contributed by atoms with Gasteiger partial charge >= 0.3 is 0 Å². The molecule has 0 unspecified atom stereocenters. The Hall–Kier alpha value is -2.55. The number of nitrogens with one attached hydrogen (secondary N) is 1. The number of benzene rings is 3. The molecule has 0 atom stereocenters. The molecule has 0 aliphatic rings. The van der Waals surface area contributed by atoms with Gasteiger partial charge in [0.25, 0.3) is 0 Å². The number of hydrogen-bond donors (Lipinski definition) is 1. The SMILES string of the molecule is Clc1ccc(C=Cc2nc3ccc(-c4ccccc4)cc3[nH]2)cc1Cl. The average Bonchev–Trinajstić information content (AvgIpc) is 3.05. The smallest absolute Gasteiger partial charge is 0.131 e. The molecule has 25 heavy (non-hydrogen) atoms. The minimum Gasteiger partial charge on any atom is -0.338 e. The Morgan fingerprint density at radius 1 is 0.760 bits per heavy atom. The zero-order chi connectivity index (χ0) is 17.2. The maximum atomic E-state index is 6.05. The van der Waals surface area contributed by atoms with Crippen LogP contribution in [0.25, 0.3) is 34.3 Å². The van der Waals surface area contributed by atoms with Crippen LogP contribution < -0.4 is 0 Å². The normalized spacial score (nSPS) is 11.4. The predicted molar refractivity (Wildman–Crippen MR) is 107 cm³/mol. The molecule has 1 N–H and O–H groups in total. The van der Waals surface area contributed by atoms with Crippen LogP contribution in [0.3, 0.4) is 0 Å². The van der Waals surface area contributed by atoms with Gasteiger partial charge in [-0.15, -0.1) is 0 Å². The summed E-state index contributed by atoms with van der Waals surface area (Å²) in [5, 5.41) is 1.09. The number of H-pyrrole nitrogens is 1. The molecule has 0 amide bonds. The Bertz CT molecular complexity index is 1070. The number of halogens is 2. The van der Waals surface area contributed by atoms with Crippen LogP contribution in [0.15, 0.2) is 66.7 Å². The number of imidazole rings is 1. The molecule has 0 spiro atoms. The maximum Gasteiger partial charge on any atom is 0.131 e. The van der Waals surface area contributed by atoms with Gasteiger partial charge in [0.2, 0.25) is 0 Å². The second-order valence-corrected chi connectivity index (χ2v) is 6.54. The number of nitrogens with zero attached hydrogens (tertiary/aromatic N) is 1. The molecule has 0 saturated heterocycles. The molecule has 0 radical (unpaired) electrons. The highest BCUT2D eigenvalue weighted by Gasteiger charge is 2.04. The van der Waals surface area contributed by atoms with Crippen LogP contribution in [0, 0.1) is 0 Å². The van der Waals surface area contributed by atoms with Crippen molar-refractivity contribution >= 4 is 46.4 Å². The highest BCUT2D eigenvalue weighted by atomic mass is 35.5. The van der Waals surface area contributed by atoms with E-state index < -0.39 is 0 Å². The van der Waals surface area contributed by atoms with E-state index >= 15 is 0 Å². The predicted octanol–water partition coefficient (Wildman–Crippen LogP) is 6.71. The van der Waals surface area contributed by atoms with Crippen molar-refractivity contribution in [3.05, 3.63) is 88.2 Å². The molecule has 1 heterocycles. The molecule has 0 saturated carbocycles. The van der Waals surface area contributed by atoms with E-state index in [1.807, 2.05) is 48.6 Å². The molecule has 4 aromatic rings. The lowest BCUT2D eigenvalue weighted by Crippen LogP contribution is -1.77. The first-order valence-electron chi connectivity index (χ1n) is 7.87. The Morgan fingerprint density at radius 3 is 2.40 bits per heavy atom. The molecule has 3 aromatic carbocycles. The summed E-state index contributed by atoms with van der Waals surface area (Å²) < 4.78 is 0. The Balaban J connectivity index is 1.65. The van der Waals surface area contributed by atoms with Crippen molar-refractivity contribution in [2.24, 2.45) is 0 Å². The molecule has 0 fully saturated rings. The summed E-state index contributed by atoms with van der Waals surface area (Å²) in [6, 6.07) is 22.1. The lowest BCUT2D eigenvalue weighted by atomic mass is 10.1. The summed E-state index contributed by atoms with van der Waals surface area (Å²) in [6.07, 6.45) is 3.89. The first-order chi connectivity index (χ1) is 12.2. The van der Waals surface area contributed by atoms with Crippen molar-refractivity contribution in [2.45, 2.75) is 0 Å². The third-order valence-corrected chi connectivity index (χ3v) is 4.72. The second kappa shape index (κ2) is 6.75. The van der Waals surface area contributed by atoms with Gasteiger partial charge in [0.05, 0.1) is 21.1 Å². The number of hydrogen-bond acceptors (Lipinski definition) is 1. The van der Waals surface area contributed by atoms with Crippen LogP contribution in [-0.2, 0) is 0 Å². The van der Waals surface area contributed by atoms with Crippen molar-refractivity contribution in [3.63, 3.8) is 0 Å². The van der Waals surface area contributed by atoms with E-state index in [1.54, 1.807) is 6.07 Å². The minimum atomic E-state index is 0.543. The molecule has 0 bridgehead atoms. The van der Waals surface area contributed by atoms with Gasteiger partial charge in [-0.05, 0) is 47.0 Å². The van der Waals surface area contributed by atoms with Crippen LogP contribution in [0.1, 0.15) is 11.4 Å². The van der Waals surface area contributed by atoms with Crippen LogP contribution in [0.4, 0.5) is 0 Å². The molecule has 4 heteroatoms. The first-order valence-corrected chi connectivity index (χ1v) is 8.63. The van der Waals surface area contributed by atoms with E-state index in [-0.39, 0.29) is 0 Å². The van der Waals surface area contributed by atoms with Gasteiger partial charge in [0.1, 0.15) is 5.82 Å². The van der Waals surface area contributed by atoms with Gasteiger partial charge in [-0.3, -0.25) is 0 Å². The molecule has 4 rings (SSSR count). The Morgan fingerprint density at radius 2 is 1.60 bits per heavy atom. The first kappa shape index (κ1) is 15.9. The second-order valence-electron chi connectivity index (χ2n) is 5.73. The van der Waals surface area contributed by atoms with Crippen molar-refractivity contribution in [1.82, 2.24) is 9.97 Å². The van der Waals surface area contributed by atoms with Crippen molar-refractivity contribution in [2.75, 3.05) is 0 Å². The Labute approximate surface area is 155 Å². The molecule has 1 aromatic heterocycles. The third kappa shape index (κ3) is 3.46. The summed E-state index contributed by atoms with van der Waals surface area (Å²) in [7, 11) is 0. The quantitative estimate of drug-likeness (QED) is 0.430. The van der Waals surface area contributed by atoms with E-state index in [1.165, 1.54) is 5.56 Å². The molecule has 0 aliphatic carbocycles. The highest BCUT2D eigenvalue weighted by molar-refractivity contribution is 6.42. The van der Waals surface area contributed by atoms with Gasteiger partial charge in [0, 0.05) is 0 Å². The fourth-order valence-corrected chi connectivity index (χ4v) is 3.02. The summed E-state index contributed by atoms with van der Waals surface area (Å²) >= 11 is 12.0. The van der Waals surface area contributed by atoms with Gasteiger partial charge < -0.3 is 4.98 Å². The van der Waals surface area contributed by atoms with Gasteiger partial charge in [0.15, 0.2) is 0 Å². The lowest BCUT2D eigenvalue weighted by Gasteiger charge is -2.00. The van der Waals surface area contributed by atoms with E-state index in [2.05, 4.69) is 34.2 Å².